The fourth-order valence-corrected chi connectivity index (χ4v) is 1.55. The van der Waals surface area contributed by atoms with E-state index in [-0.39, 0.29) is 0 Å². The molecule has 0 amide bonds. The summed E-state index contributed by atoms with van der Waals surface area (Å²) in [7, 11) is 0. The highest BCUT2D eigenvalue weighted by Crippen LogP contribution is 2.24. The number of rotatable bonds is 3. The van der Waals surface area contributed by atoms with Crippen LogP contribution in [-0.2, 0) is 6.54 Å². The molecule has 0 fully saturated rings. The second kappa shape index (κ2) is 4.11. The fourth-order valence-electron chi connectivity index (χ4n) is 1.55. The van der Waals surface area contributed by atoms with Gasteiger partial charge >= 0.3 is 0 Å². The lowest BCUT2D eigenvalue weighted by molar-refractivity contribution is 0.535. The number of hydrogen-bond acceptors (Lipinski definition) is 4. The predicted molar refractivity (Wildman–Crippen MR) is 59.3 cm³/mol. The minimum Gasteiger partial charge on any atom is -0.469 e. The Morgan fingerprint density at radius 3 is 3.06 bits per heavy atom. The minimum atomic E-state index is 0.399. The average Bonchev–Trinajstić information content (AvgIpc) is 2.82. The smallest absolute Gasteiger partial charge is 0.122 e. The molecule has 5 nitrogen and oxygen atoms in total. The minimum absolute atomic E-state index is 0.399. The van der Waals surface area contributed by atoms with Crippen LogP contribution in [0, 0.1) is 18.3 Å². The largest absolute Gasteiger partial charge is 0.469 e. The highest BCUT2D eigenvalue weighted by Gasteiger charge is 2.10. The number of nitrogens with two attached hydrogens (primary N) is 1. The molecule has 2 aromatic heterocycles. The molecule has 0 aliphatic heterocycles. The van der Waals surface area contributed by atoms with Crippen molar-refractivity contribution >= 4 is 5.82 Å². The predicted octanol–water partition coefficient (Wildman–Crippen LogP) is 1.95. The van der Waals surface area contributed by atoms with Crippen molar-refractivity contribution in [3.05, 3.63) is 24.2 Å². The number of hydrogen-bond donors (Lipinski definition) is 1. The van der Waals surface area contributed by atoms with E-state index in [0.717, 1.165) is 17.0 Å². The van der Waals surface area contributed by atoms with E-state index in [1.807, 2.05) is 13.0 Å². The highest BCUT2D eigenvalue weighted by molar-refractivity contribution is 5.63. The summed E-state index contributed by atoms with van der Waals surface area (Å²) in [6.07, 6.45) is 2.02. The summed E-state index contributed by atoms with van der Waals surface area (Å²) in [5.74, 6) is 1.37. The van der Waals surface area contributed by atoms with Gasteiger partial charge in [0, 0.05) is 11.6 Å². The summed E-state index contributed by atoms with van der Waals surface area (Å²) in [5.41, 5.74) is 7.51. The van der Waals surface area contributed by atoms with Gasteiger partial charge in [-0.1, -0.05) is 0 Å². The van der Waals surface area contributed by atoms with Crippen LogP contribution in [0.15, 0.2) is 22.8 Å². The van der Waals surface area contributed by atoms with Crippen LogP contribution in [0.2, 0.25) is 0 Å². The number of furan rings is 1. The number of nitrogen functional groups attached to an aromatic ring is 1. The Bertz CT molecular complexity index is 532. The second-order valence-electron chi connectivity index (χ2n) is 3.48. The van der Waals surface area contributed by atoms with Crippen molar-refractivity contribution in [3.8, 4) is 17.3 Å². The molecule has 0 unspecified atom stereocenters. The van der Waals surface area contributed by atoms with E-state index in [2.05, 4.69) is 11.2 Å². The molecule has 2 N–H and O–H groups in total. The van der Waals surface area contributed by atoms with Gasteiger partial charge in [0.25, 0.3) is 0 Å². The molecule has 5 heteroatoms. The van der Waals surface area contributed by atoms with E-state index in [4.69, 9.17) is 15.4 Å². The van der Waals surface area contributed by atoms with Gasteiger partial charge in [0.15, 0.2) is 0 Å². The molecule has 82 valence electrons. The van der Waals surface area contributed by atoms with E-state index in [0.29, 0.717) is 18.8 Å². The van der Waals surface area contributed by atoms with Crippen molar-refractivity contribution in [2.75, 3.05) is 5.73 Å². The Hall–Kier alpha value is -2.22. The summed E-state index contributed by atoms with van der Waals surface area (Å²) in [4.78, 5) is 0. The van der Waals surface area contributed by atoms with Crippen LogP contribution in [0.4, 0.5) is 5.82 Å². The zero-order chi connectivity index (χ0) is 11.5. The van der Waals surface area contributed by atoms with Crippen molar-refractivity contribution in [2.24, 2.45) is 0 Å². The summed E-state index contributed by atoms with van der Waals surface area (Å²) in [6.45, 7) is 2.39. The molecule has 0 spiro atoms. The Balaban J connectivity index is 2.31. The van der Waals surface area contributed by atoms with Crippen molar-refractivity contribution in [1.82, 2.24) is 9.78 Å². The molecule has 0 radical (unpaired) electrons. The first kappa shape index (κ1) is 10.3. The van der Waals surface area contributed by atoms with Gasteiger partial charge < -0.3 is 10.2 Å². The number of nitrogens with zero attached hydrogens (tertiary/aromatic N) is 3. The van der Waals surface area contributed by atoms with E-state index >= 15 is 0 Å². The standard InChI is InChI=1S/C11H12N4O/c1-8-9(3-6-16-8)10-7-11(13)15(14-10)5-2-4-12/h3,6-7H,2,5,13H2,1H3. The first-order valence-corrected chi connectivity index (χ1v) is 4.97. The summed E-state index contributed by atoms with van der Waals surface area (Å²) >= 11 is 0. The van der Waals surface area contributed by atoms with Crippen LogP contribution in [0.25, 0.3) is 11.3 Å². The lowest BCUT2D eigenvalue weighted by Crippen LogP contribution is -2.03. The maximum Gasteiger partial charge on any atom is 0.122 e. The number of aromatic nitrogens is 2. The zero-order valence-corrected chi connectivity index (χ0v) is 8.97. The molecule has 0 aliphatic carbocycles. The van der Waals surface area contributed by atoms with Gasteiger partial charge in [0.2, 0.25) is 0 Å². The van der Waals surface area contributed by atoms with Crippen LogP contribution < -0.4 is 5.73 Å². The Morgan fingerprint density at radius 2 is 2.44 bits per heavy atom. The van der Waals surface area contributed by atoms with E-state index < -0.39 is 0 Å². The SMILES string of the molecule is Cc1occc1-c1cc(N)n(CCC#N)n1. The van der Waals surface area contributed by atoms with Crippen molar-refractivity contribution in [1.29, 1.82) is 5.26 Å². The van der Waals surface area contributed by atoms with Crippen molar-refractivity contribution in [2.45, 2.75) is 19.9 Å². The first-order valence-electron chi connectivity index (χ1n) is 4.97. The van der Waals surface area contributed by atoms with Gasteiger partial charge in [0.1, 0.15) is 11.6 Å². The second-order valence-corrected chi connectivity index (χ2v) is 3.48. The Morgan fingerprint density at radius 1 is 1.62 bits per heavy atom. The quantitative estimate of drug-likeness (QED) is 0.850. The van der Waals surface area contributed by atoms with Crippen LogP contribution in [0.3, 0.4) is 0 Å². The lowest BCUT2D eigenvalue weighted by atomic mass is 10.2. The molecular formula is C11H12N4O. The molecule has 0 saturated carbocycles. The third kappa shape index (κ3) is 1.77. The molecule has 2 aromatic rings. The van der Waals surface area contributed by atoms with Gasteiger partial charge in [-0.2, -0.15) is 10.4 Å². The van der Waals surface area contributed by atoms with E-state index in [1.54, 1.807) is 17.0 Å². The van der Waals surface area contributed by atoms with Crippen LogP contribution in [0.1, 0.15) is 12.2 Å². The average molecular weight is 216 g/mol. The zero-order valence-electron chi connectivity index (χ0n) is 8.97. The Labute approximate surface area is 93.1 Å². The maximum atomic E-state index is 8.51. The third-order valence-electron chi connectivity index (χ3n) is 2.38. The van der Waals surface area contributed by atoms with Crippen molar-refractivity contribution < 1.29 is 4.42 Å². The molecule has 0 aliphatic rings. The molecule has 0 aromatic carbocycles. The maximum absolute atomic E-state index is 8.51. The molecule has 2 heterocycles. The Kier molecular flexibility index (Phi) is 2.64. The van der Waals surface area contributed by atoms with Gasteiger partial charge in [-0.15, -0.1) is 0 Å². The lowest BCUT2D eigenvalue weighted by Gasteiger charge is -1.98. The summed E-state index contributed by atoms with van der Waals surface area (Å²) in [6, 6.07) is 5.70. The molecular weight excluding hydrogens is 204 g/mol. The van der Waals surface area contributed by atoms with Crippen LogP contribution in [0.5, 0.6) is 0 Å². The van der Waals surface area contributed by atoms with Crippen LogP contribution in [-0.4, -0.2) is 9.78 Å². The fraction of sp³-hybridized carbons (Fsp3) is 0.273. The van der Waals surface area contributed by atoms with Gasteiger partial charge in [0.05, 0.1) is 31.0 Å². The topological polar surface area (TPSA) is 80.8 Å². The highest BCUT2D eigenvalue weighted by atomic mass is 16.3. The van der Waals surface area contributed by atoms with Gasteiger partial charge in [-0.3, -0.25) is 0 Å². The molecule has 2 rings (SSSR count). The van der Waals surface area contributed by atoms with Gasteiger partial charge in [-0.05, 0) is 13.0 Å². The van der Waals surface area contributed by atoms with Crippen LogP contribution >= 0.6 is 0 Å². The van der Waals surface area contributed by atoms with Gasteiger partial charge in [-0.25, -0.2) is 4.68 Å². The number of anilines is 1. The third-order valence-corrected chi connectivity index (χ3v) is 2.38. The van der Waals surface area contributed by atoms with Crippen molar-refractivity contribution in [3.63, 3.8) is 0 Å². The normalized spacial score (nSPS) is 10.2. The van der Waals surface area contributed by atoms with E-state index in [9.17, 15) is 0 Å². The molecule has 16 heavy (non-hydrogen) atoms. The number of nitriles is 1. The first-order chi connectivity index (χ1) is 7.72. The molecule has 0 atom stereocenters. The number of aryl methyl sites for hydroxylation is 2. The molecule has 0 bridgehead atoms. The summed E-state index contributed by atoms with van der Waals surface area (Å²) < 4.78 is 6.84. The van der Waals surface area contributed by atoms with E-state index in [1.165, 1.54) is 0 Å². The monoisotopic (exact) mass is 216 g/mol. The molecule has 0 saturated heterocycles. The summed E-state index contributed by atoms with van der Waals surface area (Å²) in [5, 5.41) is 12.8.